The van der Waals surface area contributed by atoms with Crippen LogP contribution in [0.2, 0.25) is 0 Å². The SMILES string of the molecule is CCC(C#N)NC(C)C1CC1. The highest BCUT2D eigenvalue weighted by Gasteiger charge is 2.28. The molecule has 0 aromatic rings. The second-order valence-electron chi connectivity index (χ2n) is 3.38. The molecule has 2 heteroatoms. The third-order valence-corrected chi connectivity index (χ3v) is 2.36. The molecular weight excluding hydrogens is 136 g/mol. The summed E-state index contributed by atoms with van der Waals surface area (Å²) in [4.78, 5) is 0. The summed E-state index contributed by atoms with van der Waals surface area (Å²) in [5.74, 6) is 0.845. The molecule has 2 nitrogen and oxygen atoms in total. The normalized spacial score (nSPS) is 22.3. The van der Waals surface area contributed by atoms with E-state index in [0.717, 1.165) is 12.3 Å². The summed E-state index contributed by atoms with van der Waals surface area (Å²) in [6, 6.07) is 2.86. The van der Waals surface area contributed by atoms with Gasteiger partial charge in [-0.05, 0) is 32.1 Å². The van der Waals surface area contributed by atoms with Gasteiger partial charge < -0.3 is 0 Å². The topological polar surface area (TPSA) is 35.8 Å². The average molecular weight is 152 g/mol. The van der Waals surface area contributed by atoms with Crippen LogP contribution in [0.25, 0.3) is 0 Å². The highest BCUT2D eigenvalue weighted by Crippen LogP contribution is 2.32. The van der Waals surface area contributed by atoms with E-state index in [1.165, 1.54) is 12.8 Å². The molecule has 0 heterocycles. The molecule has 0 bridgehead atoms. The highest BCUT2D eigenvalue weighted by molar-refractivity contribution is 4.93. The van der Waals surface area contributed by atoms with Crippen LogP contribution in [0.15, 0.2) is 0 Å². The summed E-state index contributed by atoms with van der Waals surface area (Å²) in [7, 11) is 0. The van der Waals surface area contributed by atoms with Crippen LogP contribution in [-0.4, -0.2) is 12.1 Å². The maximum atomic E-state index is 8.66. The minimum atomic E-state index is 0.0607. The molecule has 0 aromatic carbocycles. The first kappa shape index (κ1) is 8.55. The number of nitrogens with one attached hydrogen (secondary N) is 1. The van der Waals surface area contributed by atoms with Crippen LogP contribution in [0.1, 0.15) is 33.1 Å². The van der Waals surface area contributed by atoms with E-state index < -0.39 is 0 Å². The van der Waals surface area contributed by atoms with Crippen LogP contribution >= 0.6 is 0 Å². The summed E-state index contributed by atoms with van der Waals surface area (Å²) in [6.07, 6.45) is 3.60. The standard InChI is InChI=1S/C9H16N2/c1-3-9(6-10)11-7(2)8-4-5-8/h7-9,11H,3-5H2,1-2H3. The minimum absolute atomic E-state index is 0.0607. The van der Waals surface area contributed by atoms with E-state index in [1.54, 1.807) is 0 Å². The molecule has 62 valence electrons. The molecular formula is C9H16N2. The Bertz CT molecular complexity index is 155. The van der Waals surface area contributed by atoms with Crippen molar-refractivity contribution in [1.29, 1.82) is 5.26 Å². The third-order valence-electron chi connectivity index (χ3n) is 2.36. The van der Waals surface area contributed by atoms with Crippen molar-refractivity contribution >= 4 is 0 Å². The minimum Gasteiger partial charge on any atom is -0.299 e. The first-order valence-corrected chi connectivity index (χ1v) is 4.43. The predicted molar refractivity (Wildman–Crippen MR) is 45.0 cm³/mol. The number of hydrogen-bond acceptors (Lipinski definition) is 2. The zero-order valence-electron chi connectivity index (χ0n) is 7.30. The summed E-state index contributed by atoms with van der Waals surface area (Å²) < 4.78 is 0. The van der Waals surface area contributed by atoms with Crippen molar-refractivity contribution in [1.82, 2.24) is 5.32 Å². The third kappa shape index (κ3) is 2.51. The van der Waals surface area contributed by atoms with E-state index in [-0.39, 0.29) is 6.04 Å². The van der Waals surface area contributed by atoms with Gasteiger partial charge in [-0.2, -0.15) is 5.26 Å². The molecule has 11 heavy (non-hydrogen) atoms. The van der Waals surface area contributed by atoms with E-state index >= 15 is 0 Å². The first-order chi connectivity index (χ1) is 5.27. The molecule has 1 rings (SSSR count). The van der Waals surface area contributed by atoms with E-state index in [0.29, 0.717) is 6.04 Å². The lowest BCUT2D eigenvalue weighted by Crippen LogP contribution is -2.36. The zero-order valence-corrected chi connectivity index (χ0v) is 7.30. The number of hydrogen-bond donors (Lipinski definition) is 1. The van der Waals surface area contributed by atoms with Gasteiger partial charge in [0, 0.05) is 6.04 Å². The molecule has 1 saturated carbocycles. The van der Waals surface area contributed by atoms with Crippen LogP contribution in [0.3, 0.4) is 0 Å². The molecule has 2 unspecified atom stereocenters. The zero-order chi connectivity index (χ0) is 8.27. The number of rotatable bonds is 4. The fraction of sp³-hybridized carbons (Fsp3) is 0.889. The van der Waals surface area contributed by atoms with Gasteiger partial charge in [0.1, 0.15) is 0 Å². The Labute approximate surface area is 68.6 Å². The Morgan fingerprint density at radius 1 is 1.64 bits per heavy atom. The molecule has 1 fully saturated rings. The Balaban J connectivity index is 2.22. The van der Waals surface area contributed by atoms with Crippen LogP contribution in [-0.2, 0) is 0 Å². The molecule has 0 saturated heterocycles. The van der Waals surface area contributed by atoms with E-state index in [2.05, 4.69) is 18.3 Å². The molecule has 0 amide bonds. The Kier molecular flexibility index (Phi) is 2.90. The van der Waals surface area contributed by atoms with Gasteiger partial charge in [-0.15, -0.1) is 0 Å². The Morgan fingerprint density at radius 2 is 2.27 bits per heavy atom. The summed E-state index contributed by atoms with van der Waals surface area (Å²) >= 11 is 0. The molecule has 0 aliphatic heterocycles. The van der Waals surface area contributed by atoms with Crippen LogP contribution < -0.4 is 5.32 Å². The van der Waals surface area contributed by atoms with Gasteiger partial charge in [0.15, 0.2) is 0 Å². The average Bonchev–Trinajstić information content (AvgIpc) is 2.81. The monoisotopic (exact) mass is 152 g/mol. The molecule has 1 aliphatic carbocycles. The van der Waals surface area contributed by atoms with Gasteiger partial charge in [-0.3, -0.25) is 5.32 Å². The lowest BCUT2D eigenvalue weighted by molar-refractivity contribution is 0.454. The van der Waals surface area contributed by atoms with Crippen LogP contribution in [0.5, 0.6) is 0 Å². The molecule has 1 N–H and O–H groups in total. The fourth-order valence-corrected chi connectivity index (χ4v) is 1.30. The van der Waals surface area contributed by atoms with Crippen molar-refractivity contribution in [2.75, 3.05) is 0 Å². The molecule has 1 aliphatic rings. The van der Waals surface area contributed by atoms with Gasteiger partial charge in [-0.25, -0.2) is 0 Å². The first-order valence-electron chi connectivity index (χ1n) is 4.43. The Morgan fingerprint density at radius 3 is 2.64 bits per heavy atom. The lowest BCUT2D eigenvalue weighted by Gasteiger charge is -2.15. The Hall–Kier alpha value is -0.550. The van der Waals surface area contributed by atoms with Crippen molar-refractivity contribution in [3.63, 3.8) is 0 Å². The van der Waals surface area contributed by atoms with Gasteiger partial charge >= 0.3 is 0 Å². The van der Waals surface area contributed by atoms with Gasteiger partial charge in [0.2, 0.25) is 0 Å². The molecule has 0 aromatic heterocycles. The van der Waals surface area contributed by atoms with E-state index in [4.69, 9.17) is 5.26 Å². The molecule has 0 spiro atoms. The lowest BCUT2D eigenvalue weighted by atomic mass is 10.1. The quantitative estimate of drug-likeness (QED) is 0.665. The van der Waals surface area contributed by atoms with Crippen LogP contribution in [0, 0.1) is 17.2 Å². The summed E-state index contributed by atoms with van der Waals surface area (Å²) in [5.41, 5.74) is 0. The van der Waals surface area contributed by atoms with Crippen molar-refractivity contribution < 1.29 is 0 Å². The summed E-state index contributed by atoms with van der Waals surface area (Å²) in [5, 5.41) is 12.0. The van der Waals surface area contributed by atoms with Crippen molar-refractivity contribution in [3.05, 3.63) is 0 Å². The number of nitriles is 1. The van der Waals surface area contributed by atoms with E-state index in [1.807, 2.05) is 6.92 Å². The van der Waals surface area contributed by atoms with Gasteiger partial charge in [0.05, 0.1) is 12.1 Å². The fourth-order valence-electron chi connectivity index (χ4n) is 1.30. The van der Waals surface area contributed by atoms with Crippen molar-refractivity contribution in [3.8, 4) is 6.07 Å². The molecule has 2 atom stereocenters. The number of nitrogens with zero attached hydrogens (tertiary/aromatic N) is 1. The maximum absolute atomic E-state index is 8.66. The molecule has 0 radical (unpaired) electrons. The van der Waals surface area contributed by atoms with Gasteiger partial charge in [-0.1, -0.05) is 6.92 Å². The highest BCUT2D eigenvalue weighted by atomic mass is 15.0. The van der Waals surface area contributed by atoms with Gasteiger partial charge in [0.25, 0.3) is 0 Å². The van der Waals surface area contributed by atoms with Crippen LogP contribution in [0.4, 0.5) is 0 Å². The smallest absolute Gasteiger partial charge is 0.0952 e. The predicted octanol–water partition coefficient (Wildman–Crippen LogP) is 1.68. The summed E-state index contributed by atoms with van der Waals surface area (Å²) in [6.45, 7) is 4.22. The van der Waals surface area contributed by atoms with E-state index in [9.17, 15) is 0 Å². The van der Waals surface area contributed by atoms with Crippen molar-refractivity contribution in [2.24, 2.45) is 5.92 Å². The second kappa shape index (κ2) is 3.73. The largest absolute Gasteiger partial charge is 0.299 e. The maximum Gasteiger partial charge on any atom is 0.0952 e. The second-order valence-corrected chi connectivity index (χ2v) is 3.38. The van der Waals surface area contributed by atoms with Crippen molar-refractivity contribution in [2.45, 2.75) is 45.2 Å².